The van der Waals surface area contributed by atoms with E-state index in [9.17, 15) is 0 Å². The maximum absolute atomic E-state index is 8.77. The number of nitrogens with zero attached hydrogens (tertiary/aromatic N) is 1. The van der Waals surface area contributed by atoms with E-state index in [1.807, 2.05) is 0 Å². The zero-order chi connectivity index (χ0) is 18.0. The average Bonchev–Trinajstić information content (AvgIpc) is 2.64. The van der Waals surface area contributed by atoms with Crippen LogP contribution in [0, 0.1) is 0 Å². The number of aromatic nitrogens is 1. The number of unbranched alkanes of at least 4 members (excludes halogenated alkanes) is 12. The van der Waals surface area contributed by atoms with Crippen molar-refractivity contribution in [2.24, 2.45) is 0 Å². The van der Waals surface area contributed by atoms with Crippen LogP contribution in [0.3, 0.4) is 0 Å². The molecular formula is C23H42ClNO. The Kier molecular flexibility index (Phi) is 18.7. The summed E-state index contributed by atoms with van der Waals surface area (Å²) in [6, 6.07) is 6.68. The molecule has 1 aromatic heterocycles. The van der Waals surface area contributed by atoms with Crippen LogP contribution in [0.15, 0.2) is 24.4 Å². The molecule has 0 fully saturated rings. The highest BCUT2D eigenvalue weighted by atomic mass is 35.5. The number of halogens is 1. The molecule has 0 saturated carbocycles. The molecule has 0 atom stereocenters. The van der Waals surface area contributed by atoms with Crippen LogP contribution in [0.25, 0.3) is 0 Å². The highest BCUT2D eigenvalue weighted by molar-refractivity contribution is 4.97. The van der Waals surface area contributed by atoms with E-state index < -0.39 is 0 Å². The van der Waals surface area contributed by atoms with Gasteiger partial charge in [-0.25, -0.2) is 4.57 Å². The second kappa shape index (κ2) is 19.2. The number of aryl methyl sites for hydroxylation is 2. The van der Waals surface area contributed by atoms with E-state index in [2.05, 4.69) is 35.9 Å². The minimum atomic E-state index is 0. The fourth-order valence-electron chi connectivity index (χ4n) is 3.50. The third-order valence-electron chi connectivity index (χ3n) is 5.13. The maximum atomic E-state index is 8.77. The zero-order valence-electron chi connectivity index (χ0n) is 17.1. The Balaban J connectivity index is 0.00000625. The van der Waals surface area contributed by atoms with Gasteiger partial charge in [0.1, 0.15) is 6.54 Å². The second-order valence-electron chi connectivity index (χ2n) is 7.46. The van der Waals surface area contributed by atoms with Crippen LogP contribution in [-0.2, 0) is 13.0 Å². The molecule has 0 bridgehead atoms. The molecule has 0 spiro atoms. The normalized spacial score (nSPS) is 10.7. The van der Waals surface area contributed by atoms with Crippen LogP contribution >= 0.6 is 0 Å². The Labute approximate surface area is 168 Å². The van der Waals surface area contributed by atoms with Crippen LogP contribution in [0.4, 0.5) is 0 Å². The van der Waals surface area contributed by atoms with Crippen molar-refractivity contribution in [2.75, 3.05) is 6.61 Å². The first kappa shape index (κ1) is 25.4. The highest BCUT2D eigenvalue weighted by Crippen LogP contribution is 2.10. The van der Waals surface area contributed by atoms with E-state index in [0.717, 1.165) is 6.42 Å². The molecule has 1 aromatic rings. The van der Waals surface area contributed by atoms with Gasteiger partial charge >= 0.3 is 0 Å². The van der Waals surface area contributed by atoms with Gasteiger partial charge in [0, 0.05) is 31.6 Å². The van der Waals surface area contributed by atoms with Crippen molar-refractivity contribution in [3.8, 4) is 0 Å². The predicted molar refractivity (Wildman–Crippen MR) is 108 cm³/mol. The largest absolute Gasteiger partial charge is 1.00 e. The predicted octanol–water partition coefficient (Wildman–Crippen LogP) is 2.99. The molecule has 152 valence electrons. The Morgan fingerprint density at radius 1 is 0.731 bits per heavy atom. The number of hydrogen-bond acceptors (Lipinski definition) is 1. The average molecular weight is 384 g/mol. The summed E-state index contributed by atoms with van der Waals surface area (Å²) in [6.07, 6.45) is 21.9. The number of hydrogen-bond donors (Lipinski definition) is 1. The van der Waals surface area contributed by atoms with Crippen molar-refractivity contribution < 1.29 is 22.1 Å². The fourth-order valence-corrected chi connectivity index (χ4v) is 3.50. The van der Waals surface area contributed by atoms with Gasteiger partial charge in [-0.05, 0) is 19.3 Å². The number of rotatable bonds is 17. The minimum absolute atomic E-state index is 0. The minimum Gasteiger partial charge on any atom is -1.00 e. The number of pyridine rings is 1. The molecule has 0 amide bonds. The molecule has 1 heterocycles. The van der Waals surface area contributed by atoms with E-state index in [1.165, 1.54) is 102 Å². The monoisotopic (exact) mass is 383 g/mol. The second-order valence-corrected chi connectivity index (χ2v) is 7.46. The molecule has 1 N–H and O–H groups in total. The third-order valence-corrected chi connectivity index (χ3v) is 5.13. The first-order chi connectivity index (χ1) is 12.4. The summed E-state index contributed by atoms with van der Waals surface area (Å²) in [4.78, 5) is 0. The van der Waals surface area contributed by atoms with Gasteiger partial charge in [-0.1, -0.05) is 77.2 Å². The highest BCUT2D eigenvalue weighted by Gasteiger charge is 2.08. The van der Waals surface area contributed by atoms with Gasteiger partial charge in [-0.15, -0.1) is 0 Å². The maximum Gasteiger partial charge on any atom is 0.181 e. The van der Waals surface area contributed by atoms with Gasteiger partial charge in [0.05, 0.1) is 0 Å². The summed E-state index contributed by atoms with van der Waals surface area (Å²) in [6.45, 7) is 3.82. The van der Waals surface area contributed by atoms with Crippen molar-refractivity contribution in [1.82, 2.24) is 0 Å². The number of aliphatic hydroxyl groups excluding tert-OH is 1. The summed E-state index contributed by atoms with van der Waals surface area (Å²) < 4.78 is 2.48. The SMILES string of the molecule is CCCCCCCCc1cccc[n+]1CCCCCCCCCCO.[Cl-]. The van der Waals surface area contributed by atoms with Gasteiger partial charge < -0.3 is 17.5 Å². The van der Waals surface area contributed by atoms with Gasteiger partial charge in [-0.3, -0.25) is 0 Å². The van der Waals surface area contributed by atoms with Crippen LogP contribution in [0.5, 0.6) is 0 Å². The standard InChI is InChI=1S/C23H42NO.ClH/c1-2-3-4-5-10-13-18-23-19-14-16-21-24(23)20-15-11-8-6-7-9-12-17-22-25;/h14,16,19,21,25H,2-13,15,17-18,20,22H2,1H3;1H/q+1;/p-1. The molecule has 0 unspecified atom stereocenters. The molecule has 1 rings (SSSR count). The van der Waals surface area contributed by atoms with Crippen LogP contribution < -0.4 is 17.0 Å². The van der Waals surface area contributed by atoms with Gasteiger partial charge in [0.2, 0.25) is 0 Å². The smallest absolute Gasteiger partial charge is 0.181 e. The van der Waals surface area contributed by atoms with E-state index in [4.69, 9.17) is 5.11 Å². The molecule has 0 aliphatic heterocycles. The summed E-state index contributed by atoms with van der Waals surface area (Å²) in [7, 11) is 0. The molecule has 26 heavy (non-hydrogen) atoms. The Hall–Kier alpha value is -0.600. The lowest BCUT2D eigenvalue weighted by molar-refractivity contribution is -0.704. The molecule has 0 saturated heterocycles. The quantitative estimate of drug-likeness (QED) is 0.324. The lowest BCUT2D eigenvalue weighted by Gasteiger charge is -2.05. The molecule has 0 aliphatic carbocycles. The molecule has 0 aromatic carbocycles. The lowest BCUT2D eigenvalue weighted by Crippen LogP contribution is -3.00. The number of aliphatic hydroxyl groups is 1. The molecule has 0 radical (unpaired) electrons. The lowest BCUT2D eigenvalue weighted by atomic mass is 10.1. The molecule has 3 heteroatoms. The Bertz CT molecular complexity index is 411. The summed E-state index contributed by atoms with van der Waals surface area (Å²) in [5.41, 5.74) is 1.52. The third kappa shape index (κ3) is 13.6. The van der Waals surface area contributed by atoms with E-state index in [-0.39, 0.29) is 12.4 Å². The van der Waals surface area contributed by atoms with Crippen molar-refractivity contribution in [3.05, 3.63) is 30.1 Å². The first-order valence-electron chi connectivity index (χ1n) is 11.0. The summed E-state index contributed by atoms with van der Waals surface area (Å²) >= 11 is 0. The van der Waals surface area contributed by atoms with Crippen molar-refractivity contribution in [1.29, 1.82) is 0 Å². The topological polar surface area (TPSA) is 24.1 Å². The van der Waals surface area contributed by atoms with E-state index >= 15 is 0 Å². The first-order valence-corrected chi connectivity index (χ1v) is 11.0. The van der Waals surface area contributed by atoms with Crippen molar-refractivity contribution in [3.63, 3.8) is 0 Å². The van der Waals surface area contributed by atoms with Gasteiger partial charge in [0.15, 0.2) is 11.9 Å². The van der Waals surface area contributed by atoms with Gasteiger partial charge in [-0.2, -0.15) is 0 Å². The van der Waals surface area contributed by atoms with Gasteiger partial charge in [0.25, 0.3) is 0 Å². The van der Waals surface area contributed by atoms with Crippen molar-refractivity contribution >= 4 is 0 Å². The zero-order valence-corrected chi connectivity index (χ0v) is 17.9. The molecular weight excluding hydrogens is 342 g/mol. The Morgan fingerprint density at radius 2 is 1.31 bits per heavy atom. The summed E-state index contributed by atoms with van der Waals surface area (Å²) in [5, 5.41) is 8.77. The van der Waals surface area contributed by atoms with Crippen LogP contribution in [-0.4, -0.2) is 11.7 Å². The Morgan fingerprint density at radius 3 is 1.96 bits per heavy atom. The molecule has 2 nitrogen and oxygen atoms in total. The van der Waals surface area contributed by atoms with Crippen LogP contribution in [0.2, 0.25) is 0 Å². The molecule has 0 aliphatic rings. The van der Waals surface area contributed by atoms with E-state index in [1.54, 1.807) is 0 Å². The fraction of sp³-hybridized carbons (Fsp3) is 0.783. The van der Waals surface area contributed by atoms with Crippen LogP contribution in [0.1, 0.15) is 103 Å². The van der Waals surface area contributed by atoms with E-state index in [0.29, 0.717) is 6.61 Å². The van der Waals surface area contributed by atoms with Crippen molar-refractivity contribution in [2.45, 2.75) is 110 Å². The summed E-state index contributed by atoms with van der Waals surface area (Å²) in [5.74, 6) is 0.